The first-order valence-electron chi connectivity index (χ1n) is 7.16. The molecule has 0 amide bonds. The lowest BCUT2D eigenvalue weighted by atomic mass is 10.1. The Kier molecular flexibility index (Phi) is 8.26. The molecule has 0 aliphatic heterocycles. The number of hydrogen-bond donors (Lipinski definition) is 1. The molecule has 1 unspecified atom stereocenters. The van der Waals surface area contributed by atoms with E-state index < -0.39 is 0 Å². The Balaban J connectivity index is 2.40. The topological polar surface area (TPSA) is 39.7 Å². The fraction of sp³-hybridized carbons (Fsp3) is 0.625. The second-order valence-electron chi connectivity index (χ2n) is 4.86. The molecule has 0 fully saturated rings. The van der Waals surface area contributed by atoms with E-state index in [0.717, 1.165) is 12.2 Å². The van der Waals surface area contributed by atoms with E-state index in [0.29, 0.717) is 26.4 Å². The zero-order valence-electron chi connectivity index (χ0n) is 13.1. The summed E-state index contributed by atoms with van der Waals surface area (Å²) in [6.07, 6.45) is 0.880. The predicted molar refractivity (Wildman–Crippen MR) is 81.5 cm³/mol. The highest BCUT2D eigenvalue weighted by Crippen LogP contribution is 2.26. The number of rotatable bonds is 10. The predicted octanol–water partition coefficient (Wildman–Crippen LogP) is 2.71. The number of hydrogen-bond acceptors (Lipinski definition) is 4. The summed E-state index contributed by atoms with van der Waals surface area (Å²) in [6, 6.07) is 6.61. The molecule has 1 aromatic carbocycles. The molecule has 0 aliphatic rings. The highest BCUT2D eigenvalue weighted by Gasteiger charge is 2.10. The molecule has 1 rings (SSSR count). The van der Waals surface area contributed by atoms with Crippen molar-refractivity contribution < 1.29 is 14.2 Å². The van der Waals surface area contributed by atoms with E-state index in [1.54, 1.807) is 7.11 Å². The van der Waals surface area contributed by atoms with Gasteiger partial charge >= 0.3 is 0 Å². The summed E-state index contributed by atoms with van der Waals surface area (Å²) in [5.74, 6) is 0.962. The van der Waals surface area contributed by atoms with Crippen LogP contribution in [0.3, 0.4) is 0 Å². The largest absolute Gasteiger partial charge is 0.493 e. The lowest BCUT2D eigenvalue weighted by Gasteiger charge is -2.17. The standard InChI is InChI=1S/C16H27NO3/c1-13-6-7-15(14(2)17-3)16(12-13)20-9-5-8-19-11-10-18-4/h6-7,12,14,17H,5,8-11H2,1-4H3. The molecular formula is C16H27NO3. The highest BCUT2D eigenvalue weighted by atomic mass is 16.5. The van der Waals surface area contributed by atoms with Crippen molar-refractivity contribution in [3.63, 3.8) is 0 Å². The number of methoxy groups -OCH3 is 1. The molecule has 1 N–H and O–H groups in total. The molecule has 0 saturated heterocycles. The van der Waals surface area contributed by atoms with Crippen molar-refractivity contribution in [1.29, 1.82) is 0 Å². The average molecular weight is 281 g/mol. The van der Waals surface area contributed by atoms with E-state index in [-0.39, 0.29) is 6.04 Å². The van der Waals surface area contributed by atoms with Crippen LogP contribution in [0.5, 0.6) is 5.75 Å². The Morgan fingerprint density at radius 2 is 1.95 bits per heavy atom. The van der Waals surface area contributed by atoms with Crippen LogP contribution in [0.4, 0.5) is 0 Å². The van der Waals surface area contributed by atoms with E-state index in [1.165, 1.54) is 11.1 Å². The molecule has 1 atom stereocenters. The number of aryl methyl sites for hydroxylation is 1. The molecule has 4 nitrogen and oxygen atoms in total. The summed E-state index contributed by atoms with van der Waals surface area (Å²) in [7, 11) is 3.63. The van der Waals surface area contributed by atoms with Crippen molar-refractivity contribution in [2.45, 2.75) is 26.3 Å². The van der Waals surface area contributed by atoms with Crippen molar-refractivity contribution >= 4 is 0 Å². The van der Waals surface area contributed by atoms with Gasteiger partial charge in [-0.1, -0.05) is 12.1 Å². The van der Waals surface area contributed by atoms with Crippen LogP contribution in [0, 0.1) is 6.92 Å². The molecule has 0 aliphatic carbocycles. The van der Waals surface area contributed by atoms with Gasteiger partial charge in [0.05, 0.1) is 19.8 Å². The summed E-state index contributed by atoms with van der Waals surface area (Å²) in [4.78, 5) is 0. The molecule has 114 valence electrons. The van der Waals surface area contributed by atoms with Crippen molar-refractivity contribution in [2.75, 3.05) is 40.6 Å². The van der Waals surface area contributed by atoms with Crippen LogP contribution in [0.2, 0.25) is 0 Å². The molecule has 20 heavy (non-hydrogen) atoms. The zero-order valence-corrected chi connectivity index (χ0v) is 13.1. The zero-order chi connectivity index (χ0) is 14.8. The summed E-state index contributed by atoms with van der Waals surface area (Å²) >= 11 is 0. The molecule has 1 aromatic rings. The van der Waals surface area contributed by atoms with E-state index in [4.69, 9.17) is 14.2 Å². The smallest absolute Gasteiger partial charge is 0.124 e. The minimum Gasteiger partial charge on any atom is -0.493 e. The van der Waals surface area contributed by atoms with Crippen LogP contribution in [-0.4, -0.2) is 40.6 Å². The van der Waals surface area contributed by atoms with Crippen LogP contribution >= 0.6 is 0 Å². The van der Waals surface area contributed by atoms with Crippen LogP contribution in [-0.2, 0) is 9.47 Å². The van der Waals surface area contributed by atoms with Gasteiger partial charge in [0.25, 0.3) is 0 Å². The Labute approximate surface area is 122 Å². The first-order chi connectivity index (χ1) is 9.69. The Morgan fingerprint density at radius 3 is 2.65 bits per heavy atom. The monoisotopic (exact) mass is 281 g/mol. The third-order valence-electron chi connectivity index (χ3n) is 3.19. The molecule has 0 aromatic heterocycles. The summed E-state index contributed by atoms with van der Waals surface area (Å²) < 4.78 is 16.2. The molecule has 0 heterocycles. The number of benzene rings is 1. The maximum atomic E-state index is 5.90. The van der Waals surface area contributed by atoms with Gasteiger partial charge in [-0.2, -0.15) is 0 Å². The van der Waals surface area contributed by atoms with E-state index in [9.17, 15) is 0 Å². The Hall–Kier alpha value is -1.10. The lowest BCUT2D eigenvalue weighted by molar-refractivity contribution is 0.0643. The minimum absolute atomic E-state index is 0.281. The Morgan fingerprint density at radius 1 is 1.15 bits per heavy atom. The van der Waals surface area contributed by atoms with E-state index in [2.05, 4.69) is 37.4 Å². The molecule has 0 saturated carbocycles. The number of nitrogens with one attached hydrogen (secondary N) is 1. The fourth-order valence-electron chi connectivity index (χ4n) is 1.87. The summed E-state index contributed by atoms with van der Waals surface area (Å²) in [6.45, 7) is 6.86. The van der Waals surface area contributed by atoms with Gasteiger partial charge in [-0.3, -0.25) is 0 Å². The van der Waals surface area contributed by atoms with Crippen molar-refractivity contribution in [1.82, 2.24) is 5.32 Å². The molecule has 4 heteroatoms. The highest BCUT2D eigenvalue weighted by molar-refractivity contribution is 5.39. The van der Waals surface area contributed by atoms with E-state index >= 15 is 0 Å². The van der Waals surface area contributed by atoms with Gasteiger partial charge in [0, 0.05) is 31.7 Å². The summed E-state index contributed by atoms with van der Waals surface area (Å²) in [5, 5.41) is 3.25. The summed E-state index contributed by atoms with van der Waals surface area (Å²) in [5.41, 5.74) is 2.40. The van der Waals surface area contributed by atoms with Crippen molar-refractivity contribution in [3.05, 3.63) is 29.3 Å². The van der Waals surface area contributed by atoms with Gasteiger partial charge in [0.15, 0.2) is 0 Å². The lowest BCUT2D eigenvalue weighted by Crippen LogP contribution is -2.14. The van der Waals surface area contributed by atoms with Crippen LogP contribution in [0.25, 0.3) is 0 Å². The van der Waals surface area contributed by atoms with E-state index in [1.807, 2.05) is 7.05 Å². The third-order valence-corrected chi connectivity index (χ3v) is 3.19. The molecule has 0 bridgehead atoms. The van der Waals surface area contributed by atoms with Gasteiger partial charge < -0.3 is 19.5 Å². The quantitative estimate of drug-likeness (QED) is 0.669. The van der Waals surface area contributed by atoms with Gasteiger partial charge in [-0.05, 0) is 32.5 Å². The minimum atomic E-state index is 0.281. The molecule has 0 radical (unpaired) electrons. The van der Waals surface area contributed by atoms with Gasteiger partial charge in [0.2, 0.25) is 0 Å². The van der Waals surface area contributed by atoms with Crippen LogP contribution < -0.4 is 10.1 Å². The number of ether oxygens (including phenoxy) is 3. The van der Waals surface area contributed by atoms with Crippen molar-refractivity contribution in [3.8, 4) is 5.75 Å². The second-order valence-corrected chi connectivity index (χ2v) is 4.86. The average Bonchev–Trinajstić information content (AvgIpc) is 2.45. The second kappa shape index (κ2) is 9.75. The van der Waals surface area contributed by atoms with Crippen LogP contribution in [0.15, 0.2) is 18.2 Å². The fourth-order valence-corrected chi connectivity index (χ4v) is 1.87. The molecule has 0 spiro atoms. The third kappa shape index (κ3) is 5.90. The van der Waals surface area contributed by atoms with Gasteiger partial charge in [-0.25, -0.2) is 0 Å². The first kappa shape index (κ1) is 17.0. The SMILES string of the molecule is CNC(C)c1ccc(C)cc1OCCCOCCOC. The Bertz CT molecular complexity index is 382. The van der Waals surface area contributed by atoms with Gasteiger partial charge in [-0.15, -0.1) is 0 Å². The maximum absolute atomic E-state index is 5.90. The van der Waals surface area contributed by atoms with Gasteiger partial charge in [0.1, 0.15) is 5.75 Å². The first-order valence-corrected chi connectivity index (χ1v) is 7.16. The van der Waals surface area contributed by atoms with Crippen LogP contribution in [0.1, 0.15) is 30.5 Å². The molecular weight excluding hydrogens is 254 g/mol. The normalized spacial score (nSPS) is 12.4. The van der Waals surface area contributed by atoms with Crippen molar-refractivity contribution in [2.24, 2.45) is 0 Å². The maximum Gasteiger partial charge on any atom is 0.124 e.